The summed E-state index contributed by atoms with van der Waals surface area (Å²) in [7, 11) is 1.44. The Morgan fingerprint density at radius 3 is 3.04 bits per heavy atom. The van der Waals surface area contributed by atoms with Crippen LogP contribution in [0.3, 0.4) is 0 Å². The van der Waals surface area contributed by atoms with Crippen LogP contribution in [0.4, 0.5) is 0 Å². The molecule has 2 aliphatic heterocycles. The third-order valence-electron chi connectivity index (χ3n) is 4.49. The fourth-order valence-corrected chi connectivity index (χ4v) is 3.22. The number of esters is 1. The highest BCUT2D eigenvalue weighted by atomic mass is 35.5. The van der Waals surface area contributed by atoms with Crippen LogP contribution in [-0.4, -0.2) is 44.2 Å². The number of nitrogens with zero attached hydrogens (tertiary/aromatic N) is 1. The Hall–Kier alpha value is -1.52. The molecule has 5 heteroatoms. The highest BCUT2D eigenvalue weighted by Crippen LogP contribution is 2.28. The lowest BCUT2D eigenvalue weighted by Crippen LogP contribution is -2.35. The van der Waals surface area contributed by atoms with Gasteiger partial charge in [0.2, 0.25) is 0 Å². The van der Waals surface area contributed by atoms with E-state index in [0.29, 0.717) is 12.5 Å². The number of fused-ring (bicyclic) bond motifs is 1. The Bertz CT molecular complexity index is 573. The molecule has 0 saturated heterocycles. The molecule has 3 rings (SSSR count). The minimum Gasteiger partial charge on any atom is -0.493 e. The third-order valence-corrected chi connectivity index (χ3v) is 4.49. The Balaban J connectivity index is 0.00000192. The van der Waals surface area contributed by atoms with Gasteiger partial charge in [0.25, 0.3) is 0 Å². The summed E-state index contributed by atoms with van der Waals surface area (Å²) in [5.41, 5.74) is 2.10. The molecule has 0 aromatic heterocycles. The molecule has 0 amide bonds. The lowest BCUT2D eigenvalue weighted by molar-refractivity contribution is -0.136. The molecule has 0 radical (unpaired) electrons. The van der Waals surface area contributed by atoms with E-state index in [4.69, 9.17) is 9.47 Å². The molecular weight excluding hydrogens is 314 g/mol. The largest absolute Gasteiger partial charge is 0.493 e. The Morgan fingerprint density at radius 2 is 2.22 bits per heavy atom. The van der Waals surface area contributed by atoms with E-state index in [-0.39, 0.29) is 18.4 Å². The summed E-state index contributed by atoms with van der Waals surface area (Å²) < 4.78 is 10.7. The summed E-state index contributed by atoms with van der Waals surface area (Å²) in [6.45, 7) is 3.52. The second kappa shape index (κ2) is 8.37. The summed E-state index contributed by atoms with van der Waals surface area (Å²) in [6, 6.07) is 8.29. The molecular formula is C18H24ClNO3. The third kappa shape index (κ3) is 4.49. The maximum atomic E-state index is 11.6. The molecule has 0 aliphatic carbocycles. The molecule has 23 heavy (non-hydrogen) atoms. The number of para-hydroxylation sites is 1. The van der Waals surface area contributed by atoms with Gasteiger partial charge >= 0.3 is 5.97 Å². The molecule has 1 unspecified atom stereocenters. The first-order valence-corrected chi connectivity index (χ1v) is 7.96. The Morgan fingerprint density at radius 1 is 1.39 bits per heavy atom. The van der Waals surface area contributed by atoms with E-state index in [1.165, 1.54) is 12.7 Å². The van der Waals surface area contributed by atoms with Crippen molar-refractivity contribution in [1.82, 2.24) is 4.90 Å². The molecule has 1 atom stereocenters. The quantitative estimate of drug-likeness (QED) is 0.792. The first-order chi connectivity index (χ1) is 10.8. The lowest BCUT2D eigenvalue weighted by atomic mass is 9.93. The zero-order valence-corrected chi connectivity index (χ0v) is 14.3. The first kappa shape index (κ1) is 17.8. The zero-order chi connectivity index (χ0) is 15.4. The van der Waals surface area contributed by atoms with Crippen molar-refractivity contribution < 1.29 is 14.3 Å². The molecule has 1 aromatic carbocycles. The maximum absolute atomic E-state index is 11.6. The molecule has 0 spiro atoms. The van der Waals surface area contributed by atoms with E-state index in [1.54, 1.807) is 0 Å². The smallest absolute Gasteiger partial charge is 0.334 e. The molecule has 0 fully saturated rings. The van der Waals surface area contributed by atoms with E-state index in [0.717, 1.165) is 50.3 Å². The monoisotopic (exact) mass is 337 g/mol. The fraction of sp³-hybridized carbons (Fsp3) is 0.500. The van der Waals surface area contributed by atoms with Gasteiger partial charge in [0.1, 0.15) is 5.75 Å². The number of methoxy groups -OCH3 is 1. The van der Waals surface area contributed by atoms with Crippen LogP contribution >= 0.6 is 12.4 Å². The van der Waals surface area contributed by atoms with Crippen molar-refractivity contribution in [3.8, 4) is 5.75 Å². The van der Waals surface area contributed by atoms with Gasteiger partial charge in [0.15, 0.2) is 0 Å². The van der Waals surface area contributed by atoms with Crippen LogP contribution in [0.1, 0.15) is 18.4 Å². The number of ether oxygens (including phenoxy) is 2. The maximum Gasteiger partial charge on any atom is 0.334 e. The van der Waals surface area contributed by atoms with Gasteiger partial charge in [-0.1, -0.05) is 24.3 Å². The molecule has 0 saturated carbocycles. The van der Waals surface area contributed by atoms with Gasteiger partial charge in [-0.2, -0.15) is 0 Å². The molecule has 2 heterocycles. The lowest BCUT2D eigenvalue weighted by Gasteiger charge is -2.30. The van der Waals surface area contributed by atoms with E-state index in [9.17, 15) is 4.79 Å². The first-order valence-electron chi connectivity index (χ1n) is 7.96. The number of carbonyl (C=O) groups is 1. The average molecular weight is 338 g/mol. The van der Waals surface area contributed by atoms with Crippen LogP contribution < -0.4 is 4.74 Å². The SMILES string of the molecule is COC(=O)C1=CCCN(CCC2COc3ccccc3C2)C1.Cl. The van der Waals surface area contributed by atoms with Gasteiger partial charge in [0, 0.05) is 18.7 Å². The summed E-state index contributed by atoms with van der Waals surface area (Å²) in [6.07, 6.45) is 5.11. The number of rotatable bonds is 4. The molecule has 2 aliphatic rings. The van der Waals surface area contributed by atoms with Gasteiger partial charge in [-0.05, 0) is 43.4 Å². The van der Waals surface area contributed by atoms with Gasteiger partial charge in [-0.25, -0.2) is 4.79 Å². The van der Waals surface area contributed by atoms with Gasteiger partial charge in [0.05, 0.1) is 13.7 Å². The van der Waals surface area contributed by atoms with Gasteiger partial charge in [-0.3, -0.25) is 4.90 Å². The number of benzene rings is 1. The standard InChI is InChI=1S/C18H23NO3.ClH/c1-21-18(20)16-6-4-9-19(12-16)10-8-14-11-15-5-2-3-7-17(15)22-13-14;/h2-3,5-7,14H,4,8-13H2,1H3;1H. The zero-order valence-electron chi connectivity index (χ0n) is 13.5. The van der Waals surface area contributed by atoms with Crippen LogP contribution in [0.2, 0.25) is 0 Å². The van der Waals surface area contributed by atoms with Gasteiger partial charge < -0.3 is 9.47 Å². The van der Waals surface area contributed by atoms with Crippen molar-refractivity contribution in [1.29, 1.82) is 0 Å². The minimum absolute atomic E-state index is 0. The van der Waals surface area contributed by atoms with Crippen molar-refractivity contribution in [3.63, 3.8) is 0 Å². The second-order valence-corrected chi connectivity index (χ2v) is 6.06. The van der Waals surface area contributed by atoms with Gasteiger partial charge in [-0.15, -0.1) is 12.4 Å². The van der Waals surface area contributed by atoms with Crippen LogP contribution in [-0.2, 0) is 16.0 Å². The fourth-order valence-electron chi connectivity index (χ4n) is 3.22. The number of hydrogen-bond donors (Lipinski definition) is 0. The molecule has 4 nitrogen and oxygen atoms in total. The van der Waals surface area contributed by atoms with Crippen LogP contribution in [0.15, 0.2) is 35.9 Å². The molecule has 1 aromatic rings. The summed E-state index contributed by atoms with van der Waals surface area (Å²) in [4.78, 5) is 14.0. The summed E-state index contributed by atoms with van der Waals surface area (Å²) in [5, 5.41) is 0. The normalized spacial score (nSPS) is 20.6. The Kier molecular flexibility index (Phi) is 6.48. The van der Waals surface area contributed by atoms with Crippen molar-refractivity contribution >= 4 is 18.4 Å². The molecule has 126 valence electrons. The number of halogens is 1. The van der Waals surface area contributed by atoms with E-state index < -0.39 is 0 Å². The van der Waals surface area contributed by atoms with E-state index in [2.05, 4.69) is 17.0 Å². The molecule has 0 N–H and O–H groups in total. The average Bonchev–Trinajstić information content (AvgIpc) is 2.59. The topological polar surface area (TPSA) is 38.8 Å². The van der Waals surface area contributed by atoms with E-state index in [1.807, 2.05) is 18.2 Å². The van der Waals surface area contributed by atoms with Crippen molar-refractivity contribution in [2.45, 2.75) is 19.3 Å². The number of carbonyl (C=O) groups excluding carboxylic acids is 1. The van der Waals surface area contributed by atoms with Crippen LogP contribution in [0.5, 0.6) is 5.75 Å². The highest BCUT2D eigenvalue weighted by Gasteiger charge is 2.22. The second-order valence-electron chi connectivity index (χ2n) is 6.06. The minimum atomic E-state index is -0.195. The molecule has 0 bridgehead atoms. The van der Waals surface area contributed by atoms with Crippen LogP contribution in [0.25, 0.3) is 0 Å². The van der Waals surface area contributed by atoms with Crippen LogP contribution in [0, 0.1) is 5.92 Å². The summed E-state index contributed by atoms with van der Waals surface area (Å²) >= 11 is 0. The van der Waals surface area contributed by atoms with Crippen molar-refractivity contribution in [2.75, 3.05) is 33.4 Å². The summed E-state index contributed by atoms with van der Waals surface area (Å²) in [5.74, 6) is 1.40. The van der Waals surface area contributed by atoms with Crippen molar-refractivity contribution in [3.05, 3.63) is 41.5 Å². The highest BCUT2D eigenvalue weighted by molar-refractivity contribution is 5.88. The predicted molar refractivity (Wildman–Crippen MR) is 92.2 cm³/mol. The Labute approximate surface area is 143 Å². The van der Waals surface area contributed by atoms with Crippen molar-refractivity contribution in [2.24, 2.45) is 5.92 Å². The predicted octanol–water partition coefficient (Wildman–Crippen LogP) is 2.85. The van der Waals surface area contributed by atoms with E-state index >= 15 is 0 Å². The number of hydrogen-bond acceptors (Lipinski definition) is 4.